The molecule has 8 heteroatoms. The number of nitrogen functional groups attached to an aromatic ring is 1. The maximum atomic E-state index is 15.3. The van der Waals surface area contributed by atoms with Gasteiger partial charge in [0.25, 0.3) is 5.91 Å². The molecule has 1 amide bonds. The first-order chi connectivity index (χ1) is 17.5. The van der Waals surface area contributed by atoms with Crippen LogP contribution in [0, 0.1) is 17.7 Å². The molecule has 2 aliphatic heterocycles. The lowest BCUT2D eigenvalue weighted by Gasteiger charge is -2.23. The highest BCUT2D eigenvalue weighted by Gasteiger charge is 2.32. The fourth-order valence-corrected chi connectivity index (χ4v) is 4.99. The van der Waals surface area contributed by atoms with Crippen LogP contribution in [0.25, 0.3) is 11.3 Å². The summed E-state index contributed by atoms with van der Waals surface area (Å²) in [4.78, 5) is 30.2. The third-order valence-electron chi connectivity index (χ3n) is 6.96. The minimum Gasteiger partial charge on any atom is -0.384 e. The summed E-state index contributed by atoms with van der Waals surface area (Å²) < 4.78 is 15.3. The van der Waals surface area contributed by atoms with E-state index in [0.717, 1.165) is 25.2 Å². The molecule has 4 heterocycles. The van der Waals surface area contributed by atoms with E-state index in [1.54, 1.807) is 35.4 Å². The number of halogens is 1. The van der Waals surface area contributed by atoms with Crippen molar-refractivity contribution in [1.29, 1.82) is 0 Å². The van der Waals surface area contributed by atoms with Crippen LogP contribution in [-0.4, -0.2) is 62.9 Å². The fraction of sp³-hybridized carbons (Fsp3) is 0.357. The van der Waals surface area contributed by atoms with Gasteiger partial charge in [0.15, 0.2) is 0 Å². The topological polar surface area (TPSA) is 88.2 Å². The van der Waals surface area contributed by atoms with Crippen molar-refractivity contribution in [2.75, 3.05) is 31.9 Å². The number of aromatic nitrogens is 3. The summed E-state index contributed by atoms with van der Waals surface area (Å²) >= 11 is 0. The molecule has 0 aliphatic carbocycles. The van der Waals surface area contributed by atoms with E-state index in [4.69, 9.17) is 5.73 Å². The second kappa shape index (κ2) is 10.4. The lowest BCUT2D eigenvalue weighted by Crippen LogP contribution is -2.37. The highest BCUT2D eigenvalue weighted by Crippen LogP contribution is 2.27. The number of pyridine rings is 1. The number of hydrogen-bond acceptors (Lipinski definition) is 6. The highest BCUT2D eigenvalue weighted by molar-refractivity contribution is 5.95. The van der Waals surface area contributed by atoms with Crippen LogP contribution in [0.2, 0.25) is 0 Å². The van der Waals surface area contributed by atoms with Gasteiger partial charge in [0, 0.05) is 36.5 Å². The van der Waals surface area contributed by atoms with Gasteiger partial charge >= 0.3 is 0 Å². The largest absolute Gasteiger partial charge is 0.384 e. The first kappa shape index (κ1) is 23.9. The van der Waals surface area contributed by atoms with Crippen molar-refractivity contribution >= 4 is 11.7 Å². The number of aryl methyl sites for hydroxylation is 1. The number of rotatable bonds is 4. The second-order valence-corrected chi connectivity index (χ2v) is 9.25. The smallest absolute Gasteiger partial charge is 0.256 e. The molecule has 0 saturated carbocycles. The lowest BCUT2D eigenvalue weighted by atomic mass is 10.0. The summed E-state index contributed by atoms with van der Waals surface area (Å²) in [5.74, 6) is 5.83. The van der Waals surface area contributed by atoms with Gasteiger partial charge in [-0.15, -0.1) is 0 Å². The summed E-state index contributed by atoms with van der Waals surface area (Å²) in [5.41, 5.74) is 8.93. The van der Waals surface area contributed by atoms with Crippen LogP contribution >= 0.6 is 0 Å². The molecule has 2 N–H and O–H groups in total. The van der Waals surface area contributed by atoms with E-state index >= 15 is 4.39 Å². The fourth-order valence-electron chi connectivity index (χ4n) is 4.99. The molecule has 1 atom stereocenters. The van der Waals surface area contributed by atoms with Crippen LogP contribution in [0.4, 0.5) is 10.2 Å². The molecule has 2 saturated heterocycles. The quantitative estimate of drug-likeness (QED) is 0.570. The van der Waals surface area contributed by atoms with Crippen molar-refractivity contribution in [2.24, 2.45) is 0 Å². The summed E-state index contributed by atoms with van der Waals surface area (Å²) in [6.45, 7) is 5.48. The van der Waals surface area contributed by atoms with E-state index in [1.165, 1.54) is 25.2 Å². The minimum atomic E-state index is -0.555. The number of carbonyl (C=O) groups is 1. The SMILES string of the molecule is CCc1ncnc(-c2ccc(C(=O)N3CCC(N4CCCC4)C3)c(F)c2)c1C#Cc1ccc(N)nc1. The average molecular weight is 485 g/mol. The Balaban J connectivity index is 1.41. The Kier molecular flexibility index (Phi) is 6.92. The molecule has 1 unspecified atom stereocenters. The van der Waals surface area contributed by atoms with Gasteiger partial charge in [-0.1, -0.05) is 24.8 Å². The zero-order valence-corrected chi connectivity index (χ0v) is 20.4. The standard InChI is InChI=1S/C28H29FN6O/c1-2-25-23(8-5-19-6-10-26(30)31-16-19)27(33-18-32-25)20-7-9-22(24(29)15-20)28(36)35-14-11-21(17-35)34-12-3-4-13-34/h6-7,9-10,15-16,18,21H,2-4,11-14,17H2,1H3,(H2,30,31). The predicted molar refractivity (Wildman–Crippen MR) is 137 cm³/mol. The van der Waals surface area contributed by atoms with E-state index in [-0.39, 0.29) is 11.5 Å². The Morgan fingerprint density at radius 3 is 2.67 bits per heavy atom. The molecular formula is C28H29FN6O. The van der Waals surface area contributed by atoms with Crippen LogP contribution in [0.1, 0.15) is 53.4 Å². The molecule has 0 radical (unpaired) electrons. The molecule has 36 heavy (non-hydrogen) atoms. The molecule has 5 rings (SSSR count). The summed E-state index contributed by atoms with van der Waals surface area (Å²) in [6.07, 6.45) is 7.08. The molecule has 184 valence electrons. The van der Waals surface area contributed by atoms with Crippen molar-refractivity contribution < 1.29 is 9.18 Å². The van der Waals surface area contributed by atoms with Crippen molar-refractivity contribution in [3.05, 3.63) is 71.1 Å². The number of benzene rings is 1. The van der Waals surface area contributed by atoms with Crippen LogP contribution in [0.3, 0.4) is 0 Å². The number of amides is 1. The molecule has 0 bridgehead atoms. The normalized spacial score (nSPS) is 17.7. The number of nitrogens with two attached hydrogens (primary N) is 1. The molecular weight excluding hydrogens is 455 g/mol. The van der Waals surface area contributed by atoms with E-state index in [9.17, 15) is 4.79 Å². The molecule has 0 spiro atoms. The van der Waals surface area contributed by atoms with E-state index in [0.29, 0.717) is 53.8 Å². The minimum absolute atomic E-state index is 0.0891. The summed E-state index contributed by atoms with van der Waals surface area (Å²) in [6, 6.07) is 8.53. The Bertz CT molecular complexity index is 1320. The molecule has 2 fully saturated rings. The van der Waals surface area contributed by atoms with Crippen molar-refractivity contribution in [1.82, 2.24) is 24.8 Å². The molecule has 1 aromatic carbocycles. The van der Waals surface area contributed by atoms with Crippen molar-refractivity contribution in [3.63, 3.8) is 0 Å². The maximum Gasteiger partial charge on any atom is 0.256 e. The zero-order valence-electron chi connectivity index (χ0n) is 20.4. The van der Waals surface area contributed by atoms with Crippen molar-refractivity contribution in [2.45, 2.75) is 38.6 Å². The first-order valence-electron chi connectivity index (χ1n) is 12.4. The highest BCUT2D eigenvalue weighted by atomic mass is 19.1. The van der Waals surface area contributed by atoms with E-state index in [2.05, 4.69) is 31.7 Å². The number of hydrogen-bond donors (Lipinski definition) is 1. The lowest BCUT2D eigenvalue weighted by molar-refractivity contribution is 0.0775. The Morgan fingerprint density at radius 1 is 1.11 bits per heavy atom. The van der Waals surface area contributed by atoms with Gasteiger partial charge in [-0.05, 0) is 63.0 Å². The van der Waals surface area contributed by atoms with Gasteiger partial charge in [-0.2, -0.15) is 0 Å². The molecule has 3 aromatic rings. The summed E-state index contributed by atoms with van der Waals surface area (Å²) in [5, 5.41) is 0. The van der Waals surface area contributed by atoms with Gasteiger partial charge in [-0.3, -0.25) is 9.69 Å². The third-order valence-corrected chi connectivity index (χ3v) is 6.96. The van der Waals surface area contributed by atoms with Crippen LogP contribution in [0.15, 0.2) is 42.9 Å². The average Bonchev–Trinajstić information content (AvgIpc) is 3.60. The predicted octanol–water partition coefficient (Wildman–Crippen LogP) is 3.53. The van der Waals surface area contributed by atoms with E-state index < -0.39 is 5.82 Å². The first-order valence-corrected chi connectivity index (χ1v) is 12.4. The summed E-state index contributed by atoms with van der Waals surface area (Å²) in [7, 11) is 0. The second-order valence-electron chi connectivity index (χ2n) is 9.25. The number of carbonyl (C=O) groups excluding carboxylic acids is 1. The third kappa shape index (κ3) is 4.93. The van der Waals surface area contributed by atoms with Crippen LogP contribution in [0.5, 0.6) is 0 Å². The maximum absolute atomic E-state index is 15.3. The Labute approximate surface area is 210 Å². The molecule has 2 aliphatic rings. The van der Waals surface area contributed by atoms with Gasteiger partial charge < -0.3 is 10.6 Å². The van der Waals surface area contributed by atoms with E-state index in [1.807, 2.05) is 6.92 Å². The number of likely N-dealkylation sites (tertiary alicyclic amines) is 2. The monoisotopic (exact) mass is 484 g/mol. The Hall–Kier alpha value is -3.83. The van der Waals surface area contributed by atoms with Crippen molar-refractivity contribution in [3.8, 4) is 23.1 Å². The van der Waals surface area contributed by atoms with Gasteiger partial charge in [-0.25, -0.2) is 19.3 Å². The van der Waals surface area contributed by atoms with Crippen LogP contribution in [-0.2, 0) is 6.42 Å². The number of nitrogens with zero attached hydrogens (tertiary/aromatic N) is 5. The van der Waals surface area contributed by atoms with Gasteiger partial charge in [0.05, 0.1) is 22.5 Å². The van der Waals surface area contributed by atoms with Gasteiger partial charge in [0.2, 0.25) is 0 Å². The Morgan fingerprint density at radius 2 is 1.94 bits per heavy atom. The number of anilines is 1. The molecule has 2 aromatic heterocycles. The molecule has 7 nitrogen and oxygen atoms in total. The van der Waals surface area contributed by atoms with Gasteiger partial charge in [0.1, 0.15) is 18.0 Å². The zero-order chi connectivity index (χ0) is 25.1. The van der Waals surface area contributed by atoms with Crippen LogP contribution < -0.4 is 5.73 Å².